The highest BCUT2D eigenvalue weighted by Crippen LogP contribution is 2.36. The lowest BCUT2D eigenvalue weighted by Gasteiger charge is -2.29. The predicted octanol–water partition coefficient (Wildman–Crippen LogP) is 4.04. The number of nitrogens with zero attached hydrogens (tertiary/aromatic N) is 1. The maximum atomic E-state index is 11.7. The van der Waals surface area contributed by atoms with E-state index in [-0.39, 0.29) is 24.6 Å². The van der Waals surface area contributed by atoms with Crippen LogP contribution in [0.4, 0.5) is 5.69 Å². The highest BCUT2D eigenvalue weighted by atomic mass is 16.5. The molecule has 0 spiro atoms. The number of benzene rings is 1. The Hall–Kier alpha value is -2.76. The van der Waals surface area contributed by atoms with Gasteiger partial charge in [-0.1, -0.05) is 13.0 Å². The van der Waals surface area contributed by atoms with Crippen molar-refractivity contribution in [3.8, 4) is 5.75 Å². The summed E-state index contributed by atoms with van der Waals surface area (Å²) in [6.45, 7) is 4.35. The van der Waals surface area contributed by atoms with Crippen LogP contribution in [-0.2, 0) is 25.5 Å². The number of carbonyl (C=O) groups is 1. The van der Waals surface area contributed by atoms with Gasteiger partial charge in [-0.2, -0.15) is 9.59 Å². The minimum Gasteiger partial charge on any atom is -0.490 e. The van der Waals surface area contributed by atoms with Crippen LogP contribution in [0, 0.1) is 12.8 Å². The Morgan fingerprint density at radius 1 is 1.23 bits per heavy atom. The highest BCUT2D eigenvalue weighted by Gasteiger charge is 2.24. The van der Waals surface area contributed by atoms with Crippen LogP contribution in [0.1, 0.15) is 56.7 Å². The van der Waals surface area contributed by atoms with Crippen LogP contribution < -0.4 is 10.5 Å². The summed E-state index contributed by atoms with van der Waals surface area (Å²) in [7, 11) is 1.57. The number of ketones is 1. The Balaban J connectivity index is 0.00000107. The molecular formula is C24H32N2O5. The number of nitrogens with two attached hydrogens (primary N) is 1. The average molecular weight is 429 g/mol. The molecule has 31 heavy (non-hydrogen) atoms. The van der Waals surface area contributed by atoms with Crippen LogP contribution in [0.15, 0.2) is 18.2 Å². The van der Waals surface area contributed by atoms with Crippen LogP contribution in [0.2, 0.25) is 0 Å². The second-order valence-corrected chi connectivity index (χ2v) is 7.95. The summed E-state index contributed by atoms with van der Waals surface area (Å²) in [5, 5.41) is 0.942. The van der Waals surface area contributed by atoms with Gasteiger partial charge in [0, 0.05) is 24.9 Å². The van der Waals surface area contributed by atoms with Gasteiger partial charge < -0.3 is 15.2 Å². The lowest BCUT2D eigenvalue weighted by atomic mass is 9.84. The SMILES string of the molecule is CCc1c(C)nc2cccc(OC3CCC(CCC(=O)COC)CC3)c2c1N.O=C=O. The van der Waals surface area contributed by atoms with Gasteiger partial charge >= 0.3 is 6.15 Å². The number of hydrogen-bond donors (Lipinski definition) is 1. The van der Waals surface area contributed by atoms with Crippen LogP contribution >= 0.6 is 0 Å². The maximum Gasteiger partial charge on any atom is 0.373 e. The summed E-state index contributed by atoms with van der Waals surface area (Å²) in [5.41, 5.74) is 10.3. The van der Waals surface area contributed by atoms with Crippen molar-refractivity contribution in [1.82, 2.24) is 4.98 Å². The first-order chi connectivity index (χ1) is 14.9. The molecule has 1 aliphatic carbocycles. The van der Waals surface area contributed by atoms with E-state index >= 15 is 0 Å². The Kier molecular flexibility index (Phi) is 9.63. The fourth-order valence-corrected chi connectivity index (χ4v) is 4.34. The number of pyridine rings is 1. The molecule has 1 saturated carbocycles. The lowest BCUT2D eigenvalue weighted by Crippen LogP contribution is -2.25. The van der Waals surface area contributed by atoms with Gasteiger partial charge in [-0.15, -0.1) is 0 Å². The summed E-state index contributed by atoms with van der Waals surface area (Å²) in [6.07, 6.45) is 7.11. The van der Waals surface area contributed by atoms with Gasteiger partial charge in [0.05, 0.1) is 17.0 Å². The Morgan fingerprint density at radius 3 is 2.52 bits per heavy atom. The van der Waals surface area contributed by atoms with Gasteiger partial charge in [-0.05, 0) is 69.1 Å². The molecule has 0 saturated heterocycles. The third-order valence-corrected chi connectivity index (χ3v) is 5.90. The van der Waals surface area contributed by atoms with Crippen molar-refractivity contribution in [2.24, 2.45) is 5.92 Å². The number of methoxy groups -OCH3 is 1. The molecule has 1 heterocycles. The molecular weight excluding hydrogens is 396 g/mol. The van der Waals surface area contributed by atoms with E-state index in [4.69, 9.17) is 29.8 Å². The van der Waals surface area contributed by atoms with Crippen molar-refractivity contribution in [3.63, 3.8) is 0 Å². The molecule has 0 bridgehead atoms. The van der Waals surface area contributed by atoms with Crippen LogP contribution in [0.5, 0.6) is 5.75 Å². The molecule has 3 rings (SSSR count). The number of aromatic nitrogens is 1. The fraction of sp³-hybridized carbons (Fsp3) is 0.542. The summed E-state index contributed by atoms with van der Waals surface area (Å²) < 4.78 is 11.3. The number of aryl methyl sites for hydroxylation is 1. The average Bonchev–Trinajstić information content (AvgIpc) is 2.74. The Bertz CT molecular complexity index is 914. The molecule has 0 amide bonds. The minimum absolute atomic E-state index is 0.196. The monoisotopic (exact) mass is 428 g/mol. The lowest BCUT2D eigenvalue weighted by molar-refractivity contribution is -0.191. The molecule has 0 radical (unpaired) electrons. The summed E-state index contributed by atoms with van der Waals surface area (Å²) in [6, 6.07) is 5.99. The third-order valence-electron chi connectivity index (χ3n) is 5.90. The number of fused-ring (bicyclic) bond motifs is 1. The third kappa shape index (κ3) is 6.61. The molecule has 1 aromatic heterocycles. The molecule has 1 fully saturated rings. The second-order valence-electron chi connectivity index (χ2n) is 7.95. The van der Waals surface area contributed by atoms with Gasteiger partial charge in [0.2, 0.25) is 0 Å². The van der Waals surface area contributed by atoms with Gasteiger partial charge in [0.25, 0.3) is 0 Å². The van der Waals surface area contributed by atoms with Crippen molar-refractivity contribution in [3.05, 3.63) is 29.5 Å². The molecule has 1 aliphatic rings. The molecule has 7 nitrogen and oxygen atoms in total. The van der Waals surface area contributed by atoms with E-state index in [1.165, 1.54) is 0 Å². The molecule has 2 aromatic rings. The number of rotatable bonds is 8. The van der Waals surface area contributed by atoms with E-state index in [1.54, 1.807) is 7.11 Å². The van der Waals surface area contributed by atoms with Crippen molar-refractivity contribution in [1.29, 1.82) is 0 Å². The zero-order chi connectivity index (χ0) is 22.8. The first kappa shape index (κ1) is 24.5. The molecule has 0 atom stereocenters. The van der Waals surface area contributed by atoms with Crippen molar-refractivity contribution < 1.29 is 23.9 Å². The smallest absolute Gasteiger partial charge is 0.373 e. The Morgan fingerprint density at radius 2 is 1.90 bits per heavy atom. The van der Waals surface area contributed by atoms with E-state index in [0.717, 1.165) is 72.1 Å². The number of ether oxygens (including phenoxy) is 2. The number of hydrogen-bond acceptors (Lipinski definition) is 7. The van der Waals surface area contributed by atoms with Gasteiger partial charge in [-0.25, -0.2) is 0 Å². The quantitative estimate of drug-likeness (QED) is 0.676. The molecule has 1 aromatic carbocycles. The van der Waals surface area contributed by atoms with Crippen molar-refractivity contribution in [2.75, 3.05) is 19.5 Å². The van der Waals surface area contributed by atoms with E-state index < -0.39 is 0 Å². The fourth-order valence-electron chi connectivity index (χ4n) is 4.34. The second kappa shape index (κ2) is 12.2. The van der Waals surface area contributed by atoms with Crippen LogP contribution in [0.3, 0.4) is 0 Å². The molecule has 2 N–H and O–H groups in total. The van der Waals surface area contributed by atoms with E-state index in [9.17, 15) is 4.79 Å². The summed E-state index contributed by atoms with van der Waals surface area (Å²) >= 11 is 0. The van der Waals surface area contributed by atoms with Gasteiger partial charge in [0.1, 0.15) is 12.4 Å². The minimum atomic E-state index is 0.196. The zero-order valence-electron chi connectivity index (χ0n) is 18.6. The summed E-state index contributed by atoms with van der Waals surface area (Å²) in [5.74, 6) is 1.65. The first-order valence-electron chi connectivity index (χ1n) is 10.8. The zero-order valence-corrected chi connectivity index (χ0v) is 18.6. The summed E-state index contributed by atoms with van der Waals surface area (Å²) in [4.78, 5) is 32.6. The maximum absolute atomic E-state index is 11.7. The molecule has 7 heteroatoms. The number of nitrogen functional groups attached to an aromatic ring is 1. The predicted molar refractivity (Wildman–Crippen MR) is 118 cm³/mol. The largest absolute Gasteiger partial charge is 0.490 e. The van der Waals surface area contributed by atoms with Crippen molar-refractivity contribution >= 4 is 28.5 Å². The Labute approximate surface area is 183 Å². The highest BCUT2D eigenvalue weighted by molar-refractivity contribution is 5.97. The van der Waals surface area contributed by atoms with Gasteiger partial charge in [-0.3, -0.25) is 9.78 Å². The topological polar surface area (TPSA) is 109 Å². The molecule has 0 aliphatic heterocycles. The van der Waals surface area contributed by atoms with E-state index in [1.807, 2.05) is 25.1 Å². The normalized spacial score (nSPS) is 18.0. The van der Waals surface area contributed by atoms with Crippen molar-refractivity contribution in [2.45, 2.75) is 64.9 Å². The first-order valence-corrected chi connectivity index (χ1v) is 10.8. The van der Waals surface area contributed by atoms with Crippen LogP contribution in [0.25, 0.3) is 10.9 Å². The standard InChI is InChI=1S/C23H32N2O3.CO2/c1-4-19-15(2)25-20-6-5-7-21(22(20)23(19)24)28-18-12-9-16(10-13-18)8-11-17(26)14-27-3;2-1-3/h5-7,16,18H,4,8-14H2,1-3H3,(H2,24,25);. The van der Waals surface area contributed by atoms with Crippen LogP contribution in [-0.4, -0.2) is 36.7 Å². The van der Waals surface area contributed by atoms with Gasteiger partial charge in [0.15, 0.2) is 5.78 Å². The van der Waals surface area contributed by atoms with E-state index in [2.05, 4.69) is 6.92 Å². The molecule has 0 unspecified atom stereocenters. The van der Waals surface area contributed by atoms with E-state index in [0.29, 0.717) is 12.3 Å². The number of carbonyl (C=O) groups excluding carboxylic acids is 3. The number of Topliss-reactive ketones (excluding diaryl/α,β-unsaturated/α-hetero) is 1. The number of anilines is 1. The molecule has 168 valence electrons.